The van der Waals surface area contributed by atoms with E-state index in [2.05, 4.69) is 21.2 Å². The molecule has 0 radical (unpaired) electrons. The van der Waals surface area contributed by atoms with Crippen LogP contribution in [0, 0.1) is 0 Å². The Kier molecular flexibility index (Phi) is 8.99. The van der Waals surface area contributed by atoms with Gasteiger partial charge in [0.25, 0.3) is 5.91 Å². The number of halogens is 2. The summed E-state index contributed by atoms with van der Waals surface area (Å²) in [6.07, 6.45) is 0.816. The second-order valence-electron chi connectivity index (χ2n) is 6.86. The van der Waals surface area contributed by atoms with Crippen molar-refractivity contribution in [2.75, 3.05) is 6.61 Å². The number of ether oxygens (including phenoxy) is 1. The number of carbonyl (C=O) groups is 2. The average Bonchev–Trinajstić information content (AvgIpc) is 2.71. The lowest BCUT2D eigenvalue weighted by molar-refractivity contribution is -0.142. The minimum atomic E-state index is -0.638. The summed E-state index contributed by atoms with van der Waals surface area (Å²) in [6, 6.07) is 14.1. The molecule has 0 aliphatic rings. The van der Waals surface area contributed by atoms with E-state index in [0.717, 1.165) is 16.5 Å². The smallest absolute Gasteiger partial charge is 0.261 e. The second-order valence-corrected chi connectivity index (χ2v) is 8.19. The molecule has 29 heavy (non-hydrogen) atoms. The van der Waals surface area contributed by atoms with Gasteiger partial charge >= 0.3 is 0 Å². The van der Waals surface area contributed by atoms with E-state index in [1.807, 2.05) is 44.2 Å². The maximum absolute atomic E-state index is 13.0. The molecule has 2 aromatic rings. The van der Waals surface area contributed by atoms with Crippen LogP contribution in [0.3, 0.4) is 0 Å². The van der Waals surface area contributed by atoms with Crippen molar-refractivity contribution in [2.45, 2.75) is 45.8 Å². The van der Waals surface area contributed by atoms with E-state index in [9.17, 15) is 9.59 Å². The molecule has 0 aliphatic carbocycles. The molecule has 1 N–H and O–H groups in total. The van der Waals surface area contributed by atoms with E-state index >= 15 is 0 Å². The van der Waals surface area contributed by atoms with Crippen LogP contribution in [0.4, 0.5) is 0 Å². The van der Waals surface area contributed by atoms with Crippen LogP contribution in [0.1, 0.15) is 32.8 Å². The van der Waals surface area contributed by atoms with Crippen molar-refractivity contribution in [1.29, 1.82) is 0 Å². The molecule has 0 saturated heterocycles. The molecule has 156 valence electrons. The van der Waals surface area contributed by atoms with Gasteiger partial charge in [-0.2, -0.15) is 0 Å². The van der Waals surface area contributed by atoms with Crippen LogP contribution < -0.4 is 10.1 Å². The zero-order valence-corrected chi connectivity index (χ0v) is 19.2. The summed E-state index contributed by atoms with van der Waals surface area (Å²) in [4.78, 5) is 27.1. The minimum absolute atomic E-state index is 0.0384. The predicted molar refractivity (Wildman–Crippen MR) is 119 cm³/mol. The van der Waals surface area contributed by atoms with E-state index in [4.69, 9.17) is 16.3 Å². The fraction of sp³-hybridized carbons (Fsp3) is 0.364. The van der Waals surface area contributed by atoms with Crippen LogP contribution in [0.15, 0.2) is 53.0 Å². The van der Waals surface area contributed by atoms with Crippen molar-refractivity contribution in [3.63, 3.8) is 0 Å². The molecule has 5 nitrogen and oxygen atoms in total. The van der Waals surface area contributed by atoms with Crippen molar-refractivity contribution in [1.82, 2.24) is 10.2 Å². The maximum Gasteiger partial charge on any atom is 0.261 e. The van der Waals surface area contributed by atoms with Gasteiger partial charge in [0.1, 0.15) is 11.8 Å². The summed E-state index contributed by atoms with van der Waals surface area (Å²) in [5, 5.41) is 3.35. The summed E-state index contributed by atoms with van der Waals surface area (Å²) in [6.45, 7) is 5.76. The van der Waals surface area contributed by atoms with Gasteiger partial charge in [-0.1, -0.05) is 64.8 Å². The normalized spacial score (nSPS) is 12.7. The van der Waals surface area contributed by atoms with Crippen LogP contribution in [-0.2, 0) is 16.1 Å². The Bertz CT molecular complexity index is 832. The SMILES string of the molecule is CC[C@H](C)NC(=O)[C@@H](C)N(Cc1ccccc1)C(=O)COc1ccc(Br)cc1Cl. The summed E-state index contributed by atoms with van der Waals surface area (Å²) < 4.78 is 6.45. The molecule has 0 aromatic heterocycles. The fourth-order valence-electron chi connectivity index (χ4n) is 2.64. The fourth-order valence-corrected chi connectivity index (χ4v) is 3.37. The van der Waals surface area contributed by atoms with E-state index in [1.54, 1.807) is 25.1 Å². The average molecular weight is 482 g/mol. The van der Waals surface area contributed by atoms with Crippen LogP contribution in [0.25, 0.3) is 0 Å². The Morgan fingerprint density at radius 2 is 1.86 bits per heavy atom. The molecule has 0 aliphatic heterocycles. The molecular formula is C22H26BrClN2O3. The Balaban J connectivity index is 2.14. The molecule has 2 rings (SSSR count). The number of nitrogens with zero attached hydrogens (tertiary/aromatic N) is 1. The number of carbonyl (C=O) groups excluding carboxylic acids is 2. The predicted octanol–water partition coefficient (Wildman–Crippen LogP) is 4.81. The quantitative estimate of drug-likeness (QED) is 0.559. The highest BCUT2D eigenvalue weighted by Gasteiger charge is 2.27. The molecule has 7 heteroatoms. The maximum atomic E-state index is 13.0. The van der Waals surface area contributed by atoms with Crippen molar-refractivity contribution < 1.29 is 14.3 Å². The molecular weight excluding hydrogens is 456 g/mol. The van der Waals surface area contributed by atoms with Crippen molar-refractivity contribution in [2.24, 2.45) is 0 Å². The molecule has 2 aromatic carbocycles. The highest BCUT2D eigenvalue weighted by molar-refractivity contribution is 9.10. The van der Waals surface area contributed by atoms with Crippen molar-refractivity contribution >= 4 is 39.3 Å². The lowest BCUT2D eigenvalue weighted by Gasteiger charge is -2.29. The first kappa shape index (κ1) is 23.2. The van der Waals surface area contributed by atoms with Gasteiger partial charge in [-0.05, 0) is 44.0 Å². The topological polar surface area (TPSA) is 58.6 Å². The molecule has 0 unspecified atom stereocenters. The molecule has 0 saturated carbocycles. The summed E-state index contributed by atoms with van der Waals surface area (Å²) in [5.74, 6) is -0.0652. The number of nitrogens with one attached hydrogen (secondary N) is 1. The number of benzene rings is 2. The Morgan fingerprint density at radius 3 is 2.48 bits per heavy atom. The largest absolute Gasteiger partial charge is 0.482 e. The van der Waals surface area contributed by atoms with Crippen LogP contribution in [0.2, 0.25) is 5.02 Å². The number of amides is 2. The van der Waals surface area contributed by atoms with Gasteiger partial charge in [-0.15, -0.1) is 0 Å². The summed E-state index contributed by atoms with van der Waals surface area (Å²) in [7, 11) is 0. The van der Waals surface area contributed by atoms with E-state index < -0.39 is 6.04 Å². The molecule has 0 spiro atoms. The molecule has 0 bridgehead atoms. The molecule has 0 fully saturated rings. The van der Waals surface area contributed by atoms with E-state index in [0.29, 0.717) is 17.3 Å². The van der Waals surface area contributed by atoms with Gasteiger partial charge in [0.2, 0.25) is 5.91 Å². The van der Waals surface area contributed by atoms with E-state index in [1.165, 1.54) is 4.90 Å². The Hall–Kier alpha value is -2.05. The van der Waals surface area contributed by atoms with Gasteiger partial charge in [-0.3, -0.25) is 9.59 Å². The van der Waals surface area contributed by atoms with Gasteiger partial charge in [0.05, 0.1) is 5.02 Å². The van der Waals surface area contributed by atoms with Gasteiger partial charge in [0.15, 0.2) is 6.61 Å². The third-order valence-corrected chi connectivity index (χ3v) is 5.40. The van der Waals surface area contributed by atoms with Crippen molar-refractivity contribution in [3.05, 3.63) is 63.6 Å². The Labute approximate surface area is 185 Å². The molecule has 2 atom stereocenters. The number of hydrogen-bond acceptors (Lipinski definition) is 3. The van der Waals surface area contributed by atoms with Crippen molar-refractivity contribution in [3.8, 4) is 5.75 Å². The van der Waals surface area contributed by atoms with Crippen LogP contribution >= 0.6 is 27.5 Å². The lowest BCUT2D eigenvalue weighted by Crippen LogP contribution is -2.50. The van der Waals surface area contributed by atoms with Gasteiger partial charge in [-0.25, -0.2) is 0 Å². The number of rotatable bonds is 9. The van der Waals surface area contributed by atoms with Gasteiger partial charge in [0, 0.05) is 17.1 Å². The third kappa shape index (κ3) is 7.05. The van der Waals surface area contributed by atoms with Crippen LogP contribution in [-0.4, -0.2) is 35.4 Å². The Morgan fingerprint density at radius 1 is 1.17 bits per heavy atom. The first-order valence-corrected chi connectivity index (χ1v) is 10.7. The molecule has 2 amide bonds. The third-order valence-electron chi connectivity index (χ3n) is 4.61. The lowest BCUT2D eigenvalue weighted by atomic mass is 10.1. The monoisotopic (exact) mass is 480 g/mol. The zero-order chi connectivity index (χ0) is 21.4. The standard InChI is InChI=1S/C22H26BrClN2O3/c1-4-15(2)25-22(28)16(3)26(13-17-8-6-5-7-9-17)21(27)14-29-20-11-10-18(23)12-19(20)24/h5-12,15-16H,4,13-14H2,1-3H3,(H,25,28)/t15-,16+/m0/s1. The van der Waals surface area contributed by atoms with Crippen LogP contribution in [0.5, 0.6) is 5.75 Å². The zero-order valence-electron chi connectivity index (χ0n) is 16.8. The highest BCUT2D eigenvalue weighted by atomic mass is 79.9. The molecule has 0 heterocycles. The first-order valence-electron chi connectivity index (χ1n) is 9.53. The second kappa shape index (κ2) is 11.2. The summed E-state index contributed by atoms with van der Waals surface area (Å²) >= 11 is 9.50. The van der Waals surface area contributed by atoms with E-state index in [-0.39, 0.29) is 24.5 Å². The first-order chi connectivity index (χ1) is 13.8. The minimum Gasteiger partial charge on any atom is -0.482 e. The van der Waals surface area contributed by atoms with Gasteiger partial charge < -0.3 is 15.0 Å². The highest BCUT2D eigenvalue weighted by Crippen LogP contribution is 2.27. The summed E-state index contributed by atoms with van der Waals surface area (Å²) in [5.41, 5.74) is 0.936. The number of hydrogen-bond donors (Lipinski definition) is 1.